The summed E-state index contributed by atoms with van der Waals surface area (Å²) in [5.74, 6) is -0.791. The zero-order chi connectivity index (χ0) is 33.4. The van der Waals surface area contributed by atoms with Gasteiger partial charge in [0.15, 0.2) is 0 Å². The lowest BCUT2D eigenvalue weighted by Crippen LogP contribution is -2.53. The molecule has 0 aliphatic rings. The SMILES string of the molecule is Cc1ccc(S(=O)(=O)N(CC(=O)N(Cc2cccc(Cl)c2)C(Cc2ccccc2)C(=O)NCC(C)C)c2cc(Cl)cc(Cl)c2)cc1. The molecule has 1 N–H and O–H groups in total. The molecule has 46 heavy (non-hydrogen) atoms. The Balaban J connectivity index is 1.82. The number of hydrogen-bond donors (Lipinski definition) is 1. The van der Waals surface area contributed by atoms with Gasteiger partial charge in [0.1, 0.15) is 12.6 Å². The van der Waals surface area contributed by atoms with Crippen molar-refractivity contribution >= 4 is 62.3 Å². The van der Waals surface area contributed by atoms with Gasteiger partial charge in [-0.1, -0.05) is 109 Å². The fourth-order valence-corrected chi connectivity index (χ4v) is 6.98. The quantitative estimate of drug-likeness (QED) is 0.156. The molecule has 0 radical (unpaired) electrons. The number of carbonyl (C=O) groups excluding carboxylic acids is 2. The standard InChI is InChI=1S/C35H36Cl3N3O4S/c1-24(2)21-39-35(43)33(17-26-8-5-4-6-9-26)40(22-27-10-7-11-28(36)16-27)34(42)23-41(31-19-29(37)18-30(38)20-31)46(44,45)32-14-12-25(3)13-15-32/h4-16,18-20,24,33H,17,21-23H2,1-3H3,(H,39,43). The second-order valence-corrected chi connectivity index (χ2v) is 14.6. The van der Waals surface area contributed by atoms with Gasteiger partial charge < -0.3 is 10.2 Å². The highest BCUT2D eigenvalue weighted by atomic mass is 35.5. The molecule has 0 saturated heterocycles. The van der Waals surface area contributed by atoms with E-state index < -0.39 is 28.5 Å². The summed E-state index contributed by atoms with van der Waals surface area (Å²) >= 11 is 18.9. The molecule has 0 fully saturated rings. The van der Waals surface area contributed by atoms with Gasteiger partial charge in [0.25, 0.3) is 10.0 Å². The lowest BCUT2D eigenvalue weighted by Gasteiger charge is -2.34. The predicted molar refractivity (Wildman–Crippen MR) is 186 cm³/mol. The van der Waals surface area contributed by atoms with Gasteiger partial charge in [0, 0.05) is 34.6 Å². The maximum Gasteiger partial charge on any atom is 0.264 e. The van der Waals surface area contributed by atoms with Gasteiger partial charge in [-0.2, -0.15) is 0 Å². The molecular weight excluding hydrogens is 665 g/mol. The van der Waals surface area contributed by atoms with Crippen molar-refractivity contribution in [3.63, 3.8) is 0 Å². The number of benzene rings is 4. The Bertz CT molecular complexity index is 1750. The third-order valence-corrected chi connectivity index (χ3v) is 9.68. The first kappa shape index (κ1) is 35.3. The van der Waals surface area contributed by atoms with E-state index in [9.17, 15) is 18.0 Å². The lowest BCUT2D eigenvalue weighted by molar-refractivity contribution is -0.140. The smallest absolute Gasteiger partial charge is 0.264 e. The van der Waals surface area contributed by atoms with Crippen molar-refractivity contribution in [2.24, 2.45) is 5.92 Å². The van der Waals surface area contributed by atoms with Crippen LogP contribution in [0.5, 0.6) is 0 Å². The van der Waals surface area contributed by atoms with Crippen LogP contribution >= 0.6 is 34.8 Å². The second-order valence-electron chi connectivity index (χ2n) is 11.4. The Hall–Kier alpha value is -3.56. The number of carbonyl (C=O) groups is 2. The number of sulfonamides is 1. The Morgan fingerprint density at radius 3 is 2.02 bits per heavy atom. The first-order chi connectivity index (χ1) is 21.8. The van der Waals surface area contributed by atoms with Crippen LogP contribution in [0.4, 0.5) is 5.69 Å². The molecule has 0 spiro atoms. The number of anilines is 1. The van der Waals surface area contributed by atoms with Crippen molar-refractivity contribution in [2.75, 3.05) is 17.4 Å². The molecule has 0 aromatic heterocycles. The molecule has 1 atom stereocenters. The monoisotopic (exact) mass is 699 g/mol. The highest BCUT2D eigenvalue weighted by Crippen LogP contribution is 2.30. The van der Waals surface area contributed by atoms with Crippen LogP contribution in [-0.4, -0.2) is 44.3 Å². The molecule has 2 amide bonds. The van der Waals surface area contributed by atoms with Crippen molar-refractivity contribution in [2.45, 2.75) is 44.7 Å². The first-order valence-electron chi connectivity index (χ1n) is 14.7. The Kier molecular flexibility index (Phi) is 12.1. The maximum atomic E-state index is 14.5. The minimum absolute atomic E-state index is 0.000708. The average molecular weight is 701 g/mol. The van der Waals surface area contributed by atoms with Gasteiger partial charge in [0.05, 0.1) is 10.6 Å². The average Bonchev–Trinajstić information content (AvgIpc) is 3.00. The summed E-state index contributed by atoms with van der Waals surface area (Å²) in [7, 11) is -4.29. The summed E-state index contributed by atoms with van der Waals surface area (Å²) < 4.78 is 29.3. The van der Waals surface area contributed by atoms with E-state index in [1.165, 1.54) is 35.2 Å². The fraction of sp³-hybridized carbons (Fsp3) is 0.257. The van der Waals surface area contributed by atoms with Crippen molar-refractivity contribution < 1.29 is 18.0 Å². The highest BCUT2D eigenvalue weighted by molar-refractivity contribution is 7.92. The predicted octanol–water partition coefficient (Wildman–Crippen LogP) is 7.56. The molecule has 4 aromatic carbocycles. The van der Waals surface area contributed by atoms with Gasteiger partial charge in [-0.3, -0.25) is 13.9 Å². The topological polar surface area (TPSA) is 86.8 Å². The minimum Gasteiger partial charge on any atom is -0.354 e. The highest BCUT2D eigenvalue weighted by Gasteiger charge is 2.35. The Morgan fingerprint density at radius 2 is 1.41 bits per heavy atom. The van der Waals surface area contributed by atoms with Gasteiger partial charge in [-0.15, -0.1) is 0 Å². The molecule has 0 saturated carbocycles. The zero-order valence-electron chi connectivity index (χ0n) is 25.8. The Labute approximate surface area is 286 Å². The van der Waals surface area contributed by atoms with Crippen LogP contribution in [0.25, 0.3) is 0 Å². The molecule has 0 heterocycles. The fourth-order valence-electron chi connectivity index (χ4n) is 4.86. The van der Waals surface area contributed by atoms with E-state index in [4.69, 9.17) is 34.8 Å². The van der Waals surface area contributed by atoms with Gasteiger partial charge in [-0.25, -0.2) is 8.42 Å². The molecule has 4 aromatic rings. The van der Waals surface area contributed by atoms with Crippen molar-refractivity contribution in [3.05, 3.63) is 129 Å². The summed E-state index contributed by atoms with van der Waals surface area (Å²) in [6.07, 6.45) is 0.199. The summed E-state index contributed by atoms with van der Waals surface area (Å²) in [4.78, 5) is 29.8. The number of nitrogens with zero attached hydrogens (tertiary/aromatic N) is 2. The third-order valence-electron chi connectivity index (χ3n) is 7.22. The normalized spacial score (nSPS) is 12.1. The number of halogens is 3. The third kappa shape index (κ3) is 9.48. The molecule has 11 heteroatoms. The van der Waals surface area contributed by atoms with Gasteiger partial charge >= 0.3 is 0 Å². The number of rotatable bonds is 13. The van der Waals surface area contributed by atoms with E-state index in [0.717, 1.165) is 15.4 Å². The summed E-state index contributed by atoms with van der Waals surface area (Å²) in [6.45, 7) is 5.57. The van der Waals surface area contributed by atoms with E-state index in [2.05, 4.69) is 5.32 Å². The lowest BCUT2D eigenvalue weighted by atomic mass is 10.0. The number of nitrogens with one attached hydrogen (secondary N) is 1. The molecule has 1 unspecified atom stereocenters. The van der Waals surface area contributed by atoms with Crippen LogP contribution < -0.4 is 9.62 Å². The summed E-state index contributed by atoms with van der Waals surface area (Å²) in [6, 6.07) is 26.0. The largest absolute Gasteiger partial charge is 0.354 e. The van der Waals surface area contributed by atoms with Gasteiger partial charge in [0.2, 0.25) is 11.8 Å². The number of aryl methyl sites for hydroxylation is 1. The molecular formula is C35H36Cl3N3O4S. The van der Waals surface area contributed by atoms with Crippen LogP contribution in [0.2, 0.25) is 15.1 Å². The second kappa shape index (κ2) is 15.8. The van der Waals surface area contributed by atoms with E-state index >= 15 is 0 Å². The number of hydrogen-bond acceptors (Lipinski definition) is 4. The van der Waals surface area contributed by atoms with Crippen LogP contribution in [0.15, 0.2) is 102 Å². The first-order valence-corrected chi connectivity index (χ1v) is 17.3. The van der Waals surface area contributed by atoms with Gasteiger partial charge in [-0.05, 0) is 66.4 Å². The maximum absolute atomic E-state index is 14.5. The van der Waals surface area contributed by atoms with E-state index in [1.54, 1.807) is 36.4 Å². The van der Waals surface area contributed by atoms with Crippen molar-refractivity contribution in [1.82, 2.24) is 10.2 Å². The Morgan fingerprint density at radius 1 is 0.783 bits per heavy atom. The molecule has 0 aliphatic heterocycles. The van der Waals surface area contributed by atoms with Crippen LogP contribution in [0.1, 0.15) is 30.5 Å². The molecule has 4 rings (SSSR count). The van der Waals surface area contributed by atoms with E-state index in [-0.39, 0.29) is 45.4 Å². The van der Waals surface area contributed by atoms with E-state index in [0.29, 0.717) is 17.1 Å². The van der Waals surface area contributed by atoms with E-state index in [1.807, 2.05) is 51.1 Å². The molecule has 0 bridgehead atoms. The number of amides is 2. The van der Waals surface area contributed by atoms with Crippen LogP contribution in [-0.2, 0) is 32.6 Å². The van der Waals surface area contributed by atoms with Crippen molar-refractivity contribution in [1.29, 1.82) is 0 Å². The minimum atomic E-state index is -4.29. The molecule has 7 nitrogen and oxygen atoms in total. The van der Waals surface area contributed by atoms with Crippen LogP contribution in [0.3, 0.4) is 0 Å². The molecule has 0 aliphatic carbocycles. The summed E-state index contributed by atoms with van der Waals surface area (Å²) in [5, 5.41) is 3.83. The van der Waals surface area contributed by atoms with Crippen molar-refractivity contribution in [3.8, 4) is 0 Å². The molecule has 242 valence electrons. The summed E-state index contributed by atoms with van der Waals surface area (Å²) in [5.41, 5.74) is 2.49. The van der Waals surface area contributed by atoms with Crippen LogP contribution in [0, 0.1) is 12.8 Å². The zero-order valence-corrected chi connectivity index (χ0v) is 28.9.